The fourth-order valence-electron chi connectivity index (χ4n) is 1.73. The largest absolute Gasteiger partial charge is 0.383 e. The van der Waals surface area contributed by atoms with Gasteiger partial charge < -0.3 is 10.6 Å². The van der Waals surface area contributed by atoms with Crippen LogP contribution in [-0.4, -0.2) is 19.0 Å². The Balaban J connectivity index is 2.55. The summed E-state index contributed by atoms with van der Waals surface area (Å²) in [6.07, 6.45) is 0.494. The number of hydrogen-bond donors (Lipinski definition) is 2. The Morgan fingerprint density at radius 1 is 1.35 bits per heavy atom. The number of carbonyl (C=O) groups excluding carboxylic acids is 1. The monoisotopic (exact) mass is 298 g/mol. The van der Waals surface area contributed by atoms with Gasteiger partial charge in [-0.25, -0.2) is 0 Å². The van der Waals surface area contributed by atoms with Gasteiger partial charge in [0, 0.05) is 24.0 Å². The van der Waals surface area contributed by atoms with Crippen LogP contribution in [0.2, 0.25) is 0 Å². The van der Waals surface area contributed by atoms with Gasteiger partial charge in [-0.05, 0) is 53.9 Å². The fourth-order valence-corrected chi connectivity index (χ4v) is 2.54. The Labute approximate surface area is 111 Å². The zero-order valence-corrected chi connectivity index (χ0v) is 12.1. The molecule has 0 bridgehead atoms. The predicted molar refractivity (Wildman–Crippen MR) is 75.4 cm³/mol. The Hall–Kier alpha value is -1.03. The second kappa shape index (κ2) is 6.64. The molecule has 0 atom stereocenters. The molecule has 0 aromatic heterocycles. The van der Waals surface area contributed by atoms with Crippen molar-refractivity contribution in [1.29, 1.82) is 0 Å². The molecule has 1 amide bonds. The molecule has 0 aliphatic carbocycles. The maximum Gasteiger partial charge on any atom is 0.221 e. The van der Waals surface area contributed by atoms with Crippen LogP contribution in [0.15, 0.2) is 16.6 Å². The lowest BCUT2D eigenvalue weighted by molar-refractivity contribution is -0.120. The minimum atomic E-state index is 0.0842. The van der Waals surface area contributed by atoms with Crippen LogP contribution < -0.4 is 10.6 Å². The zero-order chi connectivity index (χ0) is 12.8. The molecule has 94 valence electrons. The third-order valence-electron chi connectivity index (χ3n) is 2.46. The number of rotatable bonds is 5. The maximum atomic E-state index is 11.3. The Morgan fingerprint density at radius 3 is 2.65 bits per heavy atom. The lowest BCUT2D eigenvalue weighted by atomic mass is 10.1. The molecule has 4 heteroatoms. The summed E-state index contributed by atoms with van der Waals surface area (Å²) in [6, 6.07) is 4.20. The van der Waals surface area contributed by atoms with E-state index in [0.717, 1.165) is 10.2 Å². The first kappa shape index (κ1) is 14.0. The molecule has 0 saturated heterocycles. The van der Waals surface area contributed by atoms with Crippen LogP contribution in [0.5, 0.6) is 0 Å². The summed E-state index contributed by atoms with van der Waals surface area (Å²) in [5.41, 5.74) is 3.48. The van der Waals surface area contributed by atoms with Crippen LogP contribution in [0.3, 0.4) is 0 Å². The Morgan fingerprint density at radius 2 is 2.06 bits per heavy atom. The first-order valence-electron chi connectivity index (χ1n) is 5.82. The van der Waals surface area contributed by atoms with Gasteiger partial charge in [0.2, 0.25) is 5.91 Å². The molecule has 0 unspecified atom stereocenters. The molecule has 2 N–H and O–H groups in total. The molecular weight excluding hydrogens is 280 g/mol. The molecule has 1 aromatic rings. The van der Waals surface area contributed by atoms with Gasteiger partial charge in [-0.3, -0.25) is 4.79 Å². The van der Waals surface area contributed by atoms with Gasteiger partial charge in [0.25, 0.3) is 0 Å². The van der Waals surface area contributed by atoms with Crippen molar-refractivity contribution in [3.63, 3.8) is 0 Å². The summed E-state index contributed by atoms with van der Waals surface area (Å²) in [6.45, 7) is 7.38. The molecular formula is C13H19BrN2O. The second-order valence-corrected chi connectivity index (χ2v) is 4.92. The van der Waals surface area contributed by atoms with E-state index in [9.17, 15) is 4.79 Å². The minimum Gasteiger partial charge on any atom is -0.383 e. The number of hydrogen-bond acceptors (Lipinski definition) is 2. The molecule has 0 fully saturated rings. The van der Waals surface area contributed by atoms with Crippen LogP contribution in [0.25, 0.3) is 0 Å². The van der Waals surface area contributed by atoms with E-state index >= 15 is 0 Å². The van der Waals surface area contributed by atoms with Gasteiger partial charge in [0.1, 0.15) is 0 Å². The van der Waals surface area contributed by atoms with Crippen molar-refractivity contribution in [1.82, 2.24) is 5.32 Å². The zero-order valence-electron chi connectivity index (χ0n) is 10.6. The van der Waals surface area contributed by atoms with Gasteiger partial charge in [-0.15, -0.1) is 0 Å². The van der Waals surface area contributed by atoms with Gasteiger partial charge in [-0.2, -0.15) is 0 Å². The van der Waals surface area contributed by atoms with Crippen LogP contribution >= 0.6 is 15.9 Å². The normalized spacial score (nSPS) is 10.1. The van der Waals surface area contributed by atoms with Crippen molar-refractivity contribution in [2.75, 3.05) is 18.4 Å². The van der Waals surface area contributed by atoms with Gasteiger partial charge >= 0.3 is 0 Å². The smallest absolute Gasteiger partial charge is 0.221 e. The number of amides is 1. The topological polar surface area (TPSA) is 41.1 Å². The maximum absolute atomic E-state index is 11.3. The predicted octanol–water partition coefficient (Wildman–Crippen LogP) is 3.00. The number of benzene rings is 1. The van der Waals surface area contributed by atoms with E-state index in [2.05, 4.69) is 52.5 Å². The molecule has 0 heterocycles. The van der Waals surface area contributed by atoms with Crippen molar-refractivity contribution < 1.29 is 4.79 Å². The Kier molecular flexibility index (Phi) is 5.48. The molecule has 1 rings (SSSR count). The molecule has 1 aromatic carbocycles. The number of anilines is 1. The van der Waals surface area contributed by atoms with E-state index in [0.29, 0.717) is 19.5 Å². The van der Waals surface area contributed by atoms with Crippen LogP contribution in [0, 0.1) is 13.8 Å². The van der Waals surface area contributed by atoms with Crippen LogP contribution in [0.1, 0.15) is 24.5 Å². The standard InChI is InChI=1S/C13H19BrN2O/c1-4-15-12(17)5-6-16-13-10(3)7-9(2)8-11(13)14/h7-8,16H,4-6H2,1-3H3,(H,15,17). The average molecular weight is 299 g/mol. The van der Waals surface area contributed by atoms with Crippen molar-refractivity contribution in [3.8, 4) is 0 Å². The Bertz CT molecular complexity index is 381. The van der Waals surface area contributed by atoms with Crippen molar-refractivity contribution >= 4 is 27.5 Å². The quantitative estimate of drug-likeness (QED) is 0.877. The highest BCUT2D eigenvalue weighted by molar-refractivity contribution is 9.10. The highest BCUT2D eigenvalue weighted by atomic mass is 79.9. The summed E-state index contributed by atoms with van der Waals surface area (Å²) in [4.78, 5) is 11.3. The summed E-state index contributed by atoms with van der Waals surface area (Å²) in [5.74, 6) is 0.0842. The average Bonchev–Trinajstić information content (AvgIpc) is 2.22. The van der Waals surface area contributed by atoms with Crippen molar-refractivity contribution in [3.05, 3.63) is 27.7 Å². The molecule has 0 spiro atoms. The number of nitrogens with one attached hydrogen (secondary N) is 2. The summed E-state index contributed by atoms with van der Waals surface area (Å²) in [7, 11) is 0. The fraction of sp³-hybridized carbons (Fsp3) is 0.462. The van der Waals surface area contributed by atoms with Crippen LogP contribution in [-0.2, 0) is 4.79 Å². The number of aryl methyl sites for hydroxylation is 2. The first-order valence-corrected chi connectivity index (χ1v) is 6.61. The van der Waals surface area contributed by atoms with Crippen molar-refractivity contribution in [2.45, 2.75) is 27.2 Å². The third kappa shape index (κ3) is 4.38. The highest BCUT2D eigenvalue weighted by Crippen LogP contribution is 2.27. The third-order valence-corrected chi connectivity index (χ3v) is 3.08. The number of carbonyl (C=O) groups is 1. The molecule has 0 aliphatic heterocycles. The second-order valence-electron chi connectivity index (χ2n) is 4.07. The van der Waals surface area contributed by atoms with Crippen molar-refractivity contribution in [2.24, 2.45) is 0 Å². The minimum absolute atomic E-state index is 0.0842. The SMILES string of the molecule is CCNC(=O)CCNc1c(C)cc(C)cc1Br. The van der Waals surface area contributed by atoms with Gasteiger partial charge in [-0.1, -0.05) is 6.07 Å². The lowest BCUT2D eigenvalue weighted by Crippen LogP contribution is -2.24. The van der Waals surface area contributed by atoms with Gasteiger partial charge in [0.15, 0.2) is 0 Å². The first-order chi connectivity index (χ1) is 8.04. The summed E-state index contributed by atoms with van der Waals surface area (Å²) in [5, 5.41) is 6.07. The van der Waals surface area contributed by atoms with Gasteiger partial charge in [0.05, 0.1) is 5.69 Å². The van der Waals surface area contributed by atoms with E-state index in [4.69, 9.17) is 0 Å². The van der Waals surface area contributed by atoms with E-state index in [1.165, 1.54) is 11.1 Å². The molecule has 0 aliphatic rings. The highest BCUT2D eigenvalue weighted by Gasteiger charge is 2.05. The molecule has 0 saturated carbocycles. The number of halogens is 1. The summed E-state index contributed by atoms with van der Waals surface area (Å²) < 4.78 is 1.05. The van der Waals surface area contributed by atoms with E-state index in [1.54, 1.807) is 0 Å². The van der Waals surface area contributed by atoms with E-state index < -0.39 is 0 Å². The molecule has 17 heavy (non-hydrogen) atoms. The summed E-state index contributed by atoms with van der Waals surface area (Å²) >= 11 is 3.53. The lowest BCUT2D eigenvalue weighted by Gasteiger charge is -2.12. The van der Waals surface area contributed by atoms with E-state index in [1.807, 2.05) is 6.92 Å². The van der Waals surface area contributed by atoms with Crippen LogP contribution in [0.4, 0.5) is 5.69 Å². The van der Waals surface area contributed by atoms with E-state index in [-0.39, 0.29) is 5.91 Å². The molecule has 0 radical (unpaired) electrons. The molecule has 3 nitrogen and oxygen atoms in total.